The monoisotopic (exact) mass is 336 g/mol. The molecular formula is C15H23Cl3N2. The van der Waals surface area contributed by atoms with E-state index in [1.165, 1.54) is 12.8 Å². The van der Waals surface area contributed by atoms with E-state index in [1.807, 2.05) is 12.1 Å². The summed E-state index contributed by atoms with van der Waals surface area (Å²) in [6.07, 6.45) is 3.47. The first-order valence-electron chi connectivity index (χ1n) is 7.07. The summed E-state index contributed by atoms with van der Waals surface area (Å²) in [5.74, 6) is 0. The van der Waals surface area contributed by atoms with Gasteiger partial charge in [-0.1, -0.05) is 30.1 Å². The van der Waals surface area contributed by atoms with Gasteiger partial charge in [-0.3, -0.25) is 0 Å². The Labute approximate surface area is 138 Å². The second kappa shape index (κ2) is 8.33. The van der Waals surface area contributed by atoms with Crippen molar-refractivity contribution in [1.82, 2.24) is 5.32 Å². The van der Waals surface area contributed by atoms with Crippen molar-refractivity contribution < 1.29 is 0 Å². The van der Waals surface area contributed by atoms with Crippen LogP contribution in [0.1, 0.15) is 33.1 Å². The summed E-state index contributed by atoms with van der Waals surface area (Å²) in [5, 5.41) is 4.85. The molecule has 1 aromatic carbocycles. The standard InChI is InChI=1S/C15H22Cl2N2.ClH/c1-3-11(2)19(14-4-6-18-7-5-14)15-9-12(16)8-13(17)10-15;/h8-11,14,18H,3-7H2,1-2H3;1H. The maximum absolute atomic E-state index is 6.16. The van der Waals surface area contributed by atoms with Crippen LogP contribution in [0.2, 0.25) is 10.0 Å². The Bertz CT molecular complexity index is 399. The molecule has 1 N–H and O–H groups in total. The summed E-state index contributed by atoms with van der Waals surface area (Å²) in [4.78, 5) is 2.50. The predicted molar refractivity (Wildman–Crippen MR) is 91.8 cm³/mol. The highest BCUT2D eigenvalue weighted by Gasteiger charge is 2.25. The molecule has 1 aliphatic heterocycles. The molecule has 1 heterocycles. The van der Waals surface area contributed by atoms with Gasteiger partial charge in [0.1, 0.15) is 0 Å². The van der Waals surface area contributed by atoms with E-state index in [-0.39, 0.29) is 12.4 Å². The number of hydrogen-bond donors (Lipinski definition) is 1. The second-order valence-electron chi connectivity index (χ2n) is 5.27. The SMILES string of the molecule is CCC(C)N(c1cc(Cl)cc(Cl)c1)C1CCNCC1.Cl. The first-order valence-corrected chi connectivity index (χ1v) is 7.82. The van der Waals surface area contributed by atoms with E-state index in [1.54, 1.807) is 6.07 Å². The lowest BCUT2D eigenvalue weighted by atomic mass is 10.0. The Morgan fingerprint density at radius 2 is 1.75 bits per heavy atom. The molecule has 1 unspecified atom stereocenters. The molecule has 2 nitrogen and oxygen atoms in total. The molecule has 0 aromatic heterocycles. The minimum Gasteiger partial charge on any atom is -0.366 e. The molecule has 0 aliphatic carbocycles. The average Bonchev–Trinajstić information content (AvgIpc) is 2.39. The zero-order valence-electron chi connectivity index (χ0n) is 12.0. The topological polar surface area (TPSA) is 15.3 Å². The summed E-state index contributed by atoms with van der Waals surface area (Å²) in [6.45, 7) is 6.68. The third-order valence-electron chi connectivity index (χ3n) is 3.91. The van der Waals surface area contributed by atoms with Crippen molar-refractivity contribution in [3.63, 3.8) is 0 Å². The molecule has 1 aliphatic rings. The molecule has 0 radical (unpaired) electrons. The van der Waals surface area contributed by atoms with Crippen molar-refractivity contribution in [3.8, 4) is 0 Å². The summed E-state index contributed by atoms with van der Waals surface area (Å²) in [5.41, 5.74) is 1.15. The zero-order chi connectivity index (χ0) is 13.8. The van der Waals surface area contributed by atoms with Gasteiger partial charge in [0, 0.05) is 27.8 Å². The molecule has 20 heavy (non-hydrogen) atoms. The lowest BCUT2D eigenvalue weighted by Gasteiger charge is -2.40. The number of nitrogens with one attached hydrogen (secondary N) is 1. The molecule has 0 bridgehead atoms. The molecule has 1 aromatic rings. The molecule has 1 atom stereocenters. The third kappa shape index (κ3) is 4.42. The Kier molecular flexibility index (Phi) is 7.46. The van der Waals surface area contributed by atoms with Gasteiger partial charge in [0.05, 0.1) is 0 Å². The van der Waals surface area contributed by atoms with Crippen molar-refractivity contribution in [2.75, 3.05) is 18.0 Å². The maximum Gasteiger partial charge on any atom is 0.0441 e. The van der Waals surface area contributed by atoms with Crippen LogP contribution in [-0.2, 0) is 0 Å². The van der Waals surface area contributed by atoms with Crippen molar-refractivity contribution >= 4 is 41.3 Å². The minimum atomic E-state index is 0. The van der Waals surface area contributed by atoms with Gasteiger partial charge in [-0.15, -0.1) is 12.4 Å². The van der Waals surface area contributed by atoms with Crippen molar-refractivity contribution in [1.29, 1.82) is 0 Å². The predicted octanol–water partition coefficient (Wildman–Crippen LogP) is 4.77. The van der Waals surface area contributed by atoms with Gasteiger partial charge in [-0.05, 0) is 57.5 Å². The smallest absolute Gasteiger partial charge is 0.0441 e. The highest BCUT2D eigenvalue weighted by atomic mass is 35.5. The van der Waals surface area contributed by atoms with Crippen LogP contribution >= 0.6 is 35.6 Å². The first-order chi connectivity index (χ1) is 9.11. The van der Waals surface area contributed by atoms with Crippen LogP contribution in [0.3, 0.4) is 0 Å². The van der Waals surface area contributed by atoms with Crippen LogP contribution in [0.15, 0.2) is 18.2 Å². The van der Waals surface area contributed by atoms with E-state index in [2.05, 4.69) is 24.1 Å². The fourth-order valence-corrected chi connectivity index (χ4v) is 3.31. The average molecular weight is 338 g/mol. The number of nitrogens with zero attached hydrogens (tertiary/aromatic N) is 1. The summed E-state index contributed by atoms with van der Waals surface area (Å²) < 4.78 is 0. The van der Waals surface area contributed by atoms with E-state index in [0.717, 1.165) is 25.2 Å². The Morgan fingerprint density at radius 3 is 2.25 bits per heavy atom. The lowest BCUT2D eigenvalue weighted by Crippen LogP contribution is -2.47. The zero-order valence-corrected chi connectivity index (χ0v) is 14.4. The second-order valence-corrected chi connectivity index (χ2v) is 6.15. The molecule has 0 saturated carbocycles. The number of hydrogen-bond acceptors (Lipinski definition) is 2. The maximum atomic E-state index is 6.16. The molecule has 0 spiro atoms. The molecule has 5 heteroatoms. The van der Waals surface area contributed by atoms with Crippen molar-refractivity contribution in [2.45, 2.75) is 45.2 Å². The van der Waals surface area contributed by atoms with Crippen LogP contribution < -0.4 is 10.2 Å². The van der Waals surface area contributed by atoms with Crippen LogP contribution in [0.25, 0.3) is 0 Å². The first kappa shape index (κ1) is 17.9. The molecule has 1 fully saturated rings. The molecule has 2 rings (SSSR count). The third-order valence-corrected chi connectivity index (χ3v) is 4.35. The van der Waals surface area contributed by atoms with Gasteiger partial charge < -0.3 is 10.2 Å². The molecular weight excluding hydrogens is 315 g/mol. The number of benzene rings is 1. The van der Waals surface area contributed by atoms with E-state index in [4.69, 9.17) is 23.2 Å². The van der Waals surface area contributed by atoms with E-state index in [0.29, 0.717) is 22.1 Å². The van der Waals surface area contributed by atoms with Crippen LogP contribution in [0, 0.1) is 0 Å². The number of piperidine rings is 1. The van der Waals surface area contributed by atoms with E-state index >= 15 is 0 Å². The van der Waals surface area contributed by atoms with Gasteiger partial charge in [-0.25, -0.2) is 0 Å². The Morgan fingerprint density at radius 1 is 1.20 bits per heavy atom. The van der Waals surface area contributed by atoms with Crippen LogP contribution in [0.5, 0.6) is 0 Å². The number of anilines is 1. The fraction of sp³-hybridized carbons (Fsp3) is 0.600. The lowest BCUT2D eigenvalue weighted by molar-refractivity contribution is 0.403. The Balaban J connectivity index is 0.00000200. The highest BCUT2D eigenvalue weighted by Crippen LogP contribution is 2.30. The molecule has 1 saturated heterocycles. The highest BCUT2D eigenvalue weighted by molar-refractivity contribution is 6.35. The van der Waals surface area contributed by atoms with Crippen molar-refractivity contribution in [2.24, 2.45) is 0 Å². The van der Waals surface area contributed by atoms with E-state index in [9.17, 15) is 0 Å². The number of rotatable bonds is 4. The number of halogens is 3. The summed E-state index contributed by atoms with van der Waals surface area (Å²) >= 11 is 12.3. The van der Waals surface area contributed by atoms with Crippen LogP contribution in [-0.4, -0.2) is 25.2 Å². The largest absolute Gasteiger partial charge is 0.366 e. The summed E-state index contributed by atoms with van der Waals surface area (Å²) in [7, 11) is 0. The van der Waals surface area contributed by atoms with Gasteiger partial charge in [0.25, 0.3) is 0 Å². The van der Waals surface area contributed by atoms with Crippen molar-refractivity contribution in [3.05, 3.63) is 28.2 Å². The quantitative estimate of drug-likeness (QED) is 0.851. The Hall–Kier alpha value is -0.150. The van der Waals surface area contributed by atoms with Crippen LogP contribution in [0.4, 0.5) is 5.69 Å². The summed E-state index contributed by atoms with van der Waals surface area (Å²) in [6, 6.07) is 6.93. The minimum absolute atomic E-state index is 0. The normalized spacial score (nSPS) is 17.4. The molecule has 0 amide bonds. The van der Waals surface area contributed by atoms with Gasteiger partial charge in [-0.2, -0.15) is 0 Å². The van der Waals surface area contributed by atoms with E-state index < -0.39 is 0 Å². The fourth-order valence-electron chi connectivity index (χ4n) is 2.80. The van der Waals surface area contributed by atoms with Gasteiger partial charge in [0.15, 0.2) is 0 Å². The van der Waals surface area contributed by atoms with Gasteiger partial charge >= 0.3 is 0 Å². The molecule has 114 valence electrons. The van der Waals surface area contributed by atoms with Gasteiger partial charge in [0.2, 0.25) is 0 Å².